The number of carbonyl (C=O) groups is 2. The Balaban J connectivity index is 1.61. The predicted octanol–water partition coefficient (Wildman–Crippen LogP) is 2.80. The third-order valence-electron chi connectivity index (χ3n) is 5.14. The standard InChI is InChI=1S/C20H15NO3/c22-19-17-15-10-11-16(24-15)18(17)20(23)21(19)14-9-5-4-8-13(14)12-6-2-1-3-7-12/h1-11,15-18H/t15-,16-,17-,18-/m0/s1. The van der Waals surface area contributed by atoms with Gasteiger partial charge in [0.25, 0.3) is 0 Å². The molecule has 0 unspecified atom stereocenters. The normalized spacial score (nSPS) is 30.2. The minimum Gasteiger partial charge on any atom is -0.365 e. The summed E-state index contributed by atoms with van der Waals surface area (Å²) in [6.45, 7) is 0. The maximum absolute atomic E-state index is 13.0. The maximum Gasteiger partial charge on any atom is 0.240 e. The van der Waals surface area contributed by atoms with E-state index in [1.54, 1.807) is 0 Å². The van der Waals surface area contributed by atoms with Crippen LogP contribution in [-0.4, -0.2) is 24.0 Å². The van der Waals surface area contributed by atoms with Crippen molar-refractivity contribution in [2.75, 3.05) is 4.90 Å². The molecule has 4 heteroatoms. The van der Waals surface area contributed by atoms with Crippen molar-refractivity contribution >= 4 is 17.5 Å². The zero-order chi connectivity index (χ0) is 16.3. The van der Waals surface area contributed by atoms with E-state index in [1.807, 2.05) is 66.7 Å². The van der Waals surface area contributed by atoms with Crippen molar-refractivity contribution < 1.29 is 14.3 Å². The van der Waals surface area contributed by atoms with Crippen LogP contribution in [-0.2, 0) is 14.3 Å². The number of benzene rings is 2. The molecule has 0 aromatic heterocycles. The van der Waals surface area contributed by atoms with Gasteiger partial charge in [-0.2, -0.15) is 0 Å². The molecule has 2 saturated heterocycles. The zero-order valence-corrected chi connectivity index (χ0v) is 12.8. The van der Waals surface area contributed by atoms with E-state index < -0.39 is 0 Å². The van der Waals surface area contributed by atoms with E-state index in [0.717, 1.165) is 11.1 Å². The Kier molecular flexibility index (Phi) is 2.79. The molecule has 3 aliphatic rings. The molecule has 0 radical (unpaired) electrons. The summed E-state index contributed by atoms with van der Waals surface area (Å²) >= 11 is 0. The molecule has 0 saturated carbocycles. The Hall–Kier alpha value is -2.72. The van der Waals surface area contributed by atoms with Gasteiger partial charge in [0.1, 0.15) is 0 Å². The fraction of sp³-hybridized carbons (Fsp3) is 0.200. The first kappa shape index (κ1) is 13.7. The van der Waals surface area contributed by atoms with Gasteiger partial charge in [-0.1, -0.05) is 60.7 Å². The summed E-state index contributed by atoms with van der Waals surface area (Å²) in [5.41, 5.74) is 2.54. The Bertz CT molecular complexity index is 843. The lowest BCUT2D eigenvalue weighted by atomic mass is 9.85. The molecular formula is C20H15NO3. The minimum absolute atomic E-state index is 0.148. The first-order valence-corrected chi connectivity index (χ1v) is 8.12. The van der Waals surface area contributed by atoms with Gasteiger partial charge in [-0.25, -0.2) is 4.90 Å². The van der Waals surface area contributed by atoms with Gasteiger partial charge in [0, 0.05) is 5.56 Å². The number of anilines is 1. The number of carbonyl (C=O) groups excluding carboxylic acids is 2. The molecule has 5 rings (SSSR count). The summed E-state index contributed by atoms with van der Waals surface area (Å²) in [5, 5.41) is 0. The third kappa shape index (κ3) is 1.72. The number of rotatable bonds is 2. The molecule has 2 bridgehead atoms. The van der Waals surface area contributed by atoms with Crippen molar-refractivity contribution in [1.82, 2.24) is 0 Å². The molecule has 4 atom stereocenters. The number of hydrogen-bond acceptors (Lipinski definition) is 3. The van der Waals surface area contributed by atoms with Gasteiger partial charge in [0.15, 0.2) is 0 Å². The van der Waals surface area contributed by atoms with E-state index in [0.29, 0.717) is 5.69 Å². The predicted molar refractivity (Wildman–Crippen MR) is 89.2 cm³/mol. The summed E-state index contributed by atoms with van der Waals surface area (Å²) in [6.07, 6.45) is 3.29. The average molecular weight is 317 g/mol. The van der Waals surface area contributed by atoms with E-state index >= 15 is 0 Å². The fourth-order valence-corrected chi connectivity index (χ4v) is 4.07. The summed E-state index contributed by atoms with van der Waals surface area (Å²) in [4.78, 5) is 27.3. The lowest BCUT2D eigenvalue weighted by Gasteiger charge is -2.20. The largest absolute Gasteiger partial charge is 0.365 e. The van der Waals surface area contributed by atoms with Crippen LogP contribution >= 0.6 is 0 Å². The van der Waals surface area contributed by atoms with Gasteiger partial charge in [-0.05, 0) is 11.6 Å². The highest BCUT2D eigenvalue weighted by Gasteiger charge is 2.61. The van der Waals surface area contributed by atoms with E-state index in [2.05, 4.69) is 0 Å². The Labute approximate surface area is 139 Å². The minimum atomic E-state index is -0.378. The van der Waals surface area contributed by atoms with Gasteiger partial charge in [0.2, 0.25) is 11.8 Å². The molecule has 2 aromatic carbocycles. The van der Waals surface area contributed by atoms with Crippen molar-refractivity contribution in [2.24, 2.45) is 11.8 Å². The van der Waals surface area contributed by atoms with Crippen LogP contribution < -0.4 is 4.90 Å². The van der Waals surface area contributed by atoms with E-state index in [-0.39, 0.29) is 35.9 Å². The van der Waals surface area contributed by atoms with Crippen LogP contribution in [0.2, 0.25) is 0 Å². The van der Waals surface area contributed by atoms with Crippen LogP contribution in [0.4, 0.5) is 5.69 Å². The summed E-state index contributed by atoms with van der Waals surface area (Å²) in [5.74, 6) is -1.05. The van der Waals surface area contributed by atoms with Crippen molar-refractivity contribution in [3.05, 3.63) is 66.7 Å². The molecule has 0 spiro atoms. The van der Waals surface area contributed by atoms with Gasteiger partial charge in [0.05, 0.1) is 29.7 Å². The summed E-state index contributed by atoms with van der Waals surface area (Å²) in [6, 6.07) is 17.4. The van der Waals surface area contributed by atoms with Crippen molar-refractivity contribution in [3.63, 3.8) is 0 Å². The molecule has 3 heterocycles. The second-order valence-electron chi connectivity index (χ2n) is 6.40. The third-order valence-corrected chi connectivity index (χ3v) is 5.14. The fourth-order valence-electron chi connectivity index (χ4n) is 4.07. The number of ether oxygens (including phenoxy) is 1. The number of nitrogens with zero attached hydrogens (tertiary/aromatic N) is 1. The van der Waals surface area contributed by atoms with Crippen molar-refractivity contribution in [2.45, 2.75) is 12.2 Å². The molecule has 2 amide bonds. The van der Waals surface area contributed by atoms with Crippen LogP contribution in [0, 0.1) is 11.8 Å². The topological polar surface area (TPSA) is 46.6 Å². The van der Waals surface area contributed by atoms with Gasteiger partial charge >= 0.3 is 0 Å². The van der Waals surface area contributed by atoms with Gasteiger partial charge in [-0.15, -0.1) is 0 Å². The van der Waals surface area contributed by atoms with Crippen LogP contribution in [0.15, 0.2) is 66.7 Å². The van der Waals surface area contributed by atoms with Crippen LogP contribution in [0.25, 0.3) is 11.1 Å². The first-order chi connectivity index (χ1) is 11.8. The van der Waals surface area contributed by atoms with E-state index in [4.69, 9.17) is 4.74 Å². The number of fused-ring (bicyclic) bond motifs is 5. The smallest absolute Gasteiger partial charge is 0.240 e. The number of imide groups is 1. The Morgan fingerprint density at radius 3 is 2.00 bits per heavy atom. The number of amides is 2. The zero-order valence-electron chi connectivity index (χ0n) is 12.8. The lowest BCUT2D eigenvalue weighted by Crippen LogP contribution is -2.34. The summed E-state index contributed by atoms with van der Waals surface area (Å²) in [7, 11) is 0. The molecule has 2 fully saturated rings. The highest BCUT2D eigenvalue weighted by atomic mass is 16.5. The Morgan fingerprint density at radius 1 is 0.750 bits per heavy atom. The molecule has 2 aromatic rings. The summed E-state index contributed by atoms with van der Waals surface area (Å²) < 4.78 is 5.70. The number of para-hydroxylation sites is 1. The lowest BCUT2D eigenvalue weighted by molar-refractivity contribution is -0.124. The highest BCUT2D eigenvalue weighted by Crippen LogP contribution is 2.47. The Morgan fingerprint density at radius 2 is 1.33 bits per heavy atom. The highest BCUT2D eigenvalue weighted by molar-refractivity contribution is 6.24. The quantitative estimate of drug-likeness (QED) is 0.632. The van der Waals surface area contributed by atoms with E-state index in [9.17, 15) is 9.59 Å². The second kappa shape index (κ2) is 4.89. The van der Waals surface area contributed by atoms with Crippen LogP contribution in [0.5, 0.6) is 0 Å². The second-order valence-corrected chi connectivity index (χ2v) is 6.40. The molecule has 0 aliphatic carbocycles. The molecule has 3 aliphatic heterocycles. The van der Waals surface area contributed by atoms with Gasteiger partial charge in [-0.3, -0.25) is 9.59 Å². The SMILES string of the molecule is O=C1[C@@H]2[C@@H](C(=O)N1c1ccccc1-c1ccccc1)[C@@H]1C=C[C@@H]2O1. The monoisotopic (exact) mass is 317 g/mol. The molecule has 24 heavy (non-hydrogen) atoms. The van der Waals surface area contributed by atoms with Crippen molar-refractivity contribution in [3.8, 4) is 11.1 Å². The average Bonchev–Trinajstić information content (AvgIpc) is 3.30. The maximum atomic E-state index is 13.0. The van der Waals surface area contributed by atoms with Crippen LogP contribution in [0.1, 0.15) is 0 Å². The molecule has 0 N–H and O–H groups in total. The van der Waals surface area contributed by atoms with Gasteiger partial charge < -0.3 is 4.74 Å². The molecule has 118 valence electrons. The molecular weight excluding hydrogens is 302 g/mol. The first-order valence-electron chi connectivity index (χ1n) is 8.12. The molecule has 4 nitrogen and oxygen atoms in total. The van der Waals surface area contributed by atoms with Crippen molar-refractivity contribution in [1.29, 1.82) is 0 Å². The number of hydrogen-bond donors (Lipinski definition) is 0. The van der Waals surface area contributed by atoms with E-state index in [1.165, 1.54) is 4.90 Å². The van der Waals surface area contributed by atoms with Crippen LogP contribution in [0.3, 0.4) is 0 Å².